The van der Waals surface area contributed by atoms with E-state index in [0.29, 0.717) is 40.4 Å². The number of amides is 2. The van der Waals surface area contributed by atoms with Crippen molar-refractivity contribution in [2.75, 3.05) is 0 Å². The maximum atomic E-state index is 12.4. The van der Waals surface area contributed by atoms with Crippen LogP contribution in [0.15, 0.2) is 28.8 Å². The molecule has 0 radical (unpaired) electrons. The number of aromatic amines is 2. The number of nitrogens with zero attached hydrogens (tertiary/aromatic N) is 1. The van der Waals surface area contributed by atoms with Gasteiger partial charge >= 0.3 is 11.9 Å². The number of hydrogen-bond acceptors (Lipinski definition) is 4. The number of H-pyrrole nitrogens is 2. The summed E-state index contributed by atoms with van der Waals surface area (Å²) in [5.74, 6) is -2.00. The highest BCUT2D eigenvalue weighted by Crippen LogP contribution is 2.30. The SMILES string of the molecule is C=CC1=C(C)C(/C=c2/[nH]/c(=C\c3[nH]c(CC4NC(=O)[C@H](C)[C@H]4CC)c(C)c3CCC(=O)O)c(CCC(=O)O)c2C)=NC1=O. The Bertz CT molecular complexity index is 1690. The van der Waals surface area contributed by atoms with Crippen LogP contribution in [-0.4, -0.2) is 55.7 Å². The van der Waals surface area contributed by atoms with Gasteiger partial charge in [0.05, 0.1) is 5.71 Å². The first kappa shape index (κ1) is 31.5. The summed E-state index contributed by atoms with van der Waals surface area (Å²) < 4.78 is 0. The number of aromatic nitrogens is 2. The topological polar surface area (TPSA) is 165 Å². The van der Waals surface area contributed by atoms with Gasteiger partial charge in [-0.05, 0) is 79.5 Å². The monoisotopic (exact) mass is 588 g/mol. The zero-order valence-electron chi connectivity index (χ0n) is 25.4. The smallest absolute Gasteiger partial charge is 0.303 e. The van der Waals surface area contributed by atoms with Crippen molar-refractivity contribution >= 4 is 41.6 Å². The van der Waals surface area contributed by atoms with Crippen molar-refractivity contribution in [3.05, 3.63) is 68.1 Å². The van der Waals surface area contributed by atoms with Crippen molar-refractivity contribution in [3.8, 4) is 0 Å². The Balaban J connectivity index is 1.85. The number of carboxylic acid groups (broad SMARTS) is 2. The van der Waals surface area contributed by atoms with Crippen LogP contribution in [0.4, 0.5) is 0 Å². The van der Waals surface area contributed by atoms with Gasteiger partial charge in [0, 0.05) is 58.9 Å². The fourth-order valence-electron chi connectivity index (χ4n) is 6.34. The van der Waals surface area contributed by atoms with Crippen molar-refractivity contribution in [1.29, 1.82) is 0 Å². The molecule has 2 aromatic rings. The van der Waals surface area contributed by atoms with Crippen molar-refractivity contribution in [2.45, 2.75) is 79.2 Å². The number of nitrogens with one attached hydrogen (secondary N) is 3. The molecule has 43 heavy (non-hydrogen) atoms. The lowest BCUT2D eigenvalue weighted by Gasteiger charge is -2.19. The van der Waals surface area contributed by atoms with Gasteiger partial charge in [0.1, 0.15) is 0 Å². The Kier molecular flexibility index (Phi) is 9.37. The van der Waals surface area contributed by atoms with E-state index < -0.39 is 11.9 Å². The van der Waals surface area contributed by atoms with Crippen LogP contribution >= 0.6 is 0 Å². The number of allylic oxidation sites excluding steroid dienone is 1. The fraction of sp³-hybridized carbons (Fsp3) is 0.424. The summed E-state index contributed by atoms with van der Waals surface area (Å²) in [6.07, 6.45) is 7.10. The summed E-state index contributed by atoms with van der Waals surface area (Å²) in [5.41, 5.74) is 6.82. The highest BCUT2D eigenvalue weighted by molar-refractivity contribution is 6.31. The molecule has 0 aromatic carbocycles. The van der Waals surface area contributed by atoms with Crippen molar-refractivity contribution < 1.29 is 29.4 Å². The molecule has 2 aliphatic heterocycles. The maximum absolute atomic E-state index is 12.4. The number of aliphatic carboxylic acids is 2. The van der Waals surface area contributed by atoms with E-state index in [4.69, 9.17) is 0 Å². The van der Waals surface area contributed by atoms with E-state index >= 15 is 0 Å². The van der Waals surface area contributed by atoms with Gasteiger partial charge in [-0.2, -0.15) is 0 Å². The molecule has 3 atom stereocenters. The van der Waals surface area contributed by atoms with Gasteiger partial charge in [0.25, 0.3) is 5.91 Å². The summed E-state index contributed by atoms with van der Waals surface area (Å²) in [6.45, 7) is 13.4. The molecule has 0 bridgehead atoms. The molecular weight excluding hydrogens is 548 g/mol. The molecule has 2 aliphatic rings. The molecule has 1 saturated heterocycles. The zero-order valence-corrected chi connectivity index (χ0v) is 25.4. The van der Waals surface area contributed by atoms with Crippen LogP contribution in [0.25, 0.3) is 12.2 Å². The van der Waals surface area contributed by atoms with Crippen LogP contribution in [0.5, 0.6) is 0 Å². The third-order valence-electron chi connectivity index (χ3n) is 8.96. The molecule has 228 valence electrons. The zero-order chi connectivity index (χ0) is 31.6. The van der Waals surface area contributed by atoms with Crippen molar-refractivity contribution in [2.24, 2.45) is 16.8 Å². The second kappa shape index (κ2) is 12.8. The van der Waals surface area contributed by atoms with Crippen LogP contribution in [-0.2, 0) is 38.4 Å². The Hall–Kier alpha value is -4.47. The quantitative estimate of drug-likeness (QED) is 0.256. The minimum Gasteiger partial charge on any atom is -0.481 e. The molecule has 10 heteroatoms. The number of carbonyl (C=O) groups is 4. The molecular formula is C33H40N4O6. The average molecular weight is 589 g/mol. The third kappa shape index (κ3) is 6.48. The van der Waals surface area contributed by atoms with Crippen LogP contribution in [0.1, 0.15) is 73.7 Å². The van der Waals surface area contributed by atoms with Crippen molar-refractivity contribution in [1.82, 2.24) is 15.3 Å². The Morgan fingerprint density at radius 1 is 0.953 bits per heavy atom. The first-order valence-corrected chi connectivity index (χ1v) is 14.7. The molecule has 5 N–H and O–H groups in total. The summed E-state index contributed by atoms with van der Waals surface area (Å²) in [6, 6.07) is -0.0308. The molecule has 4 rings (SSSR count). The maximum Gasteiger partial charge on any atom is 0.303 e. The number of aliphatic imine (C=N–C) groups is 1. The van der Waals surface area contributed by atoms with E-state index in [-0.39, 0.29) is 49.0 Å². The van der Waals surface area contributed by atoms with Gasteiger partial charge in [-0.1, -0.05) is 32.9 Å². The Labute approximate surface area is 250 Å². The summed E-state index contributed by atoms with van der Waals surface area (Å²) in [4.78, 5) is 58.8. The highest BCUT2D eigenvalue weighted by Gasteiger charge is 2.38. The van der Waals surface area contributed by atoms with Gasteiger partial charge in [0.15, 0.2) is 0 Å². The van der Waals surface area contributed by atoms with Crippen LogP contribution in [0, 0.1) is 25.7 Å². The van der Waals surface area contributed by atoms with Gasteiger partial charge in [-0.25, -0.2) is 4.99 Å². The van der Waals surface area contributed by atoms with Crippen LogP contribution in [0.2, 0.25) is 0 Å². The first-order chi connectivity index (χ1) is 20.4. The largest absolute Gasteiger partial charge is 0.481 e. The number of carboxylic acids is 2. The molecule has 1 unspecified atom stereocenters. The first-order valence-electron chi connectivity index (χ1n) is 14.7. The Morgan fingerprint density at radius 2 is 1.60 bits per heavy atom. The summed E-state index contributed by atoms with van der Waals surface area (Å²) >= 11 is 0. The second-order valence-corrected chi connectivity index (χ2v) is 11.5. The molecule has 0 saturated carbocycles. The van der Waals surface area contributed by atoms with Crippen LogP contribution in [0.3, 0.4) is 0 Å². The number of rotatable bonds is 12. The van der Waals surface area contributed by atoms with Gasteiger partial charge < -0.3 is 25.5 Å². The van der Waals surface area contributed by atoms with Crippen molar-refractivity contribution in [3.63, 3.8) is 0 Å². The second-order valence-electron chi connectivity index (χ2n) is 11.5. The molecule has 10 nitrogen and oxygen atoms in total. The summed E-state index contributed by atoms with van der Waals surface area (Å²) in [5, 5.41) is 23.4. The number of carbonyl (C=O) groups excluding carboxylic acids is 2. The molecule has 2 aromatic heterocycles. The third-order valence-corrected chi connectivity index (χ3v) is 8.96. The van der Waals surface area contributed by atoms with Gasteiger partial charge in [-0.15, -0.1) is 0 Å². The summed E-state index contributed by atoms with van der Waals surface area (Å²) in [7, 11) is 0. The normalized spacial score (nSPS) is 21.1. The van der Waals surface area contributed by atoms with Gasteiger partial charge in [0.2, 0.25) is 5.91 Å². The lowest BCUT2D eigenvalue weighted by atomic mass is 9.87. The van der Waals surface area contributed by atoms with E-state index in [1.54, 1.807) is 6.08 Å². The van der Waals surface area contributed by atoms with Gasteiger partial charge in [-0.3, -0.25) is 19.2 Å². The lowest BCUT2D eigenvalue weighted by molar-refractivity contribution is -0.138. The molecule has 0 aliphatic carbocycles. The number of hydrogen-bond donors (Lipinski definition) is 5. The minimum atomic E-state index is -0.921. The average Bonchev–Trinajstić information content (AvgIpc) is 3.59. The molecule has 0 spiro atoms. The molecule has 1 fully saturated rings. The Morgan fingerprint density at radius 3 is 2.19 bits per heavy atom. The predicted molar refractivity (Wildman–Crippen MR) is 164 cm³/mol. The van der Waals surface area contributed by atoms with E-state index in [1.807, 2.05) is 33.8 Å². The van der Waals surface area contributed by atoms with E-state index in [1.165, 1.54) is 6.08 Å². The van der Waals surface area contributed by atoms with E-state index in [2.05, 4.69) is 33.8 Å². The molecule has 2 amide bonds. The fourth-order valence-corrected chi connectivity index (χ4v) is 6.34. The minimum absolute atomic E-state index is 0.0308. The predicted octanol–water partition coefficient (Wildman–Crippen LogP) is 2.79. The highest BCUT2D eigenvalue weighted by atomic mass is 16.4. The van der Waals surface area contributed by atoms with E-state index in [9.17, 15) is 29.4 Å². The lowest BCUT2D eigenvalue weighted by Crippen LogP contribution is -2.31. The van der Waals surface area contributed by atoms with Crippen LogP contribution < -0.4 is 16.0 Å². The van der Waals surface area contributed by atoms with E-state index in [0.717, 1.165) is 40.1 Å². The standard InChI is InChI=1S/C33H40N4O6/c1-7-20-19(6)32(42)37-27(20)14-25-18(5)23(10-12-31(40)41)29(35-25)15-28-22(9-11-30(38)39)17(4)24(34-28)13-26-16(3)21(8-2)33(43)36-26/h8,13,15,19-20,27,34-35H,2,7,9-12,14H2,1,3-6H3,(H,37,42)(H,38,39)(H,40,41)/b24-13+,28-15-/t19-,20-,27?/m1/s1. The molecule has 4 heterocycles.